The second kappa shape index (κ2) is 13.0. The molecule has 278 valence electrons. The first-order valence-electron chi connectivity index (χ1n) is 19.9. The molecular formula is C52H40N4OSi. The molecule has 0 saturated carbocycles. The summed E-state index contributed by atoms with van der Waals surface area (Å²) in [4.78, 5) is 12.7. The number of aromatic nitrogens is 3. The van der Waals surface area contributed by atoms with Gasteiger partial charge in [-0.2, -0.15) is 0 Å². The Kier molecular flexibility index (Phi) is 7.68. The highest BCUT2D eigenvalue weighted by Crippen LogP contribution is 2.52. The van der Waals surface area contributed by atoms with Gasteiger partial charge in [0, 0.05) is 46.2 Å². The van der Waals surface area contributed by atoms with Crippen LogP contribution >= 0.6 is 0 Å². The van der Waals surface area contributed by atoms with Gasteiger partial charge in [-0.05, 0) is 74.8 Å². The summed E-state index contributed by atoms with van der Waals surface area (Å²) in [5, 5.41) is 7.40. The Balaban J connectivity index is 1.18. The third kappa shape index (κ3) is 5.01. The molecule has 5 nitrogen and oxygen atoms in total. The van der Waals surface area contributed by atoms with Gasteiger partial charge in [0.1, 0.15) is 22.8 Å². The number of benzene rings is 7. The van der Waals surface area contributed by atoms with Crippen molar-refractivity contribution in [3.05, 3.63) is 199 Å². The first kappa shape index (κ1) is 34.2. The van der Waals surface area contributed by atoms with Gasteiger partial charge in [0.05, 0.1) is 16.7 Å². The van der Waals surface area contributed by atoms with Crippen molar-refractivity contribution >= 4 is 79.0 Å². The monoisotopic (exact) mass is 764 g/mol. The van der Waals surface area contributed by atoms with E-state index in [1.54, 1.807) is 0 Å². The standard InChI is InChI=1S/C52H40N4OSi/c1-52(2)43-26-16-30-53-51(43)56(47-33-42-41-25-10-13-29-48(41)57-49(42)34-44(47)52)36-18-15-24-40(32-36)58(37-19-6-4-7-20-37,38-21-8-5-9-22-38)39-23-14-17-35(31-39)50-54-45-27-11-12-28-46(45)55(50)3/h4-34H,1-3H3. The van der Waals surface area contributed by atoms with Gasteiger partial charge in [-0.3, -0.25) is 4.90 Å². The summed E-state index contributed by atoms with van der Waals surface area (Å²) in [6.45, 7) is 4.60. The van der Waals surface area contributed by atoms with Gasteiger partial charge in [0.25, 0.3) is 0 Å². The van der Waals surface area contributed by atoms with Gasteiger partial charge >= 0.3 is 0 Å². The maximum atomic E-state index is 6.48. The molecule has 3 aromatic heterocycles. The van der Waals surface area contributed by atoms with Crippen molar-refractivity contribution < 1.29 is 4.42 Å². The fourth-order valence-electron chi connectivity index (χ4n) is 9.58. The van der Waals surface area contributed by atoms with E-state index in [-0.39, 0.29) is 5.41 Å². The molecular weight excluding hydrogens is 725 g/mol. The number of para-hydroxylation sites is 3. The molecule has 1 aliphatic heterocycles. The quantitative estimate of drug-likeness (QED) is 0.125. The van der Waals surface area contributed by atoms with Gasteiger partial charge in [-0.1, -0.05) is 147 Å². The van der Waals surface area contributed by atoms with Crippen molar-refractivity contribution in [1.29, 1.82) is 0 Å². The van der Waals surface area contributed by atoms with Crippen molar-refractivity contribution in [2.75, 3.05) is 4.90 Å². The predicted molar refractivity (Wildman–Crippen MR) is 242 cm³/mol. The number of furan rings is 1. The molecule has 0 atom stereocenters. The minimum atomic E-state index is -3.00. The van der Waals surface area contributed by atoms with Crippen LogP contribution in [0.3, 0.4) is 0 Å². The minimum absolute atomic E-state index is 0.316. The number of nitrogens with zero attached hydrogens (tertiary/aromatic N) is 4. The van der Waals surface area contributed by atoms with Gasteiger partial charge in [-0.25, -0.2) is 9.97 Å². The van der Waals surface area contributed by atoms with E-state index in [0.717, 1.165) is 61.6 Å². The Bertz CT molecular complexity index is 3140. The van der Waals surface area contributed by atoms with Crippen LogP contribution in [0.5, 0.6) is 0 Å². The second-order valence-corrected chi connectivity index (χ2v) is 19.7. The lowest BCUT2D eigenvalue weighted by molar-refractivity contribution is 0.622. The first-order valence-corrected chi connectivity index (χ1v) is 21.9. The Morgan fingerprint density at radius 2 is 1.22 bits per heavy atom. The largest absolute Gasteiger partial charge is 0.456 e. The molecule has 0 bridgehead atoms. The molecule has 1 aliphatic rings. The summed E-state index contributed by atoms with van der Waals surface area (Å²) < 4.78 is 8.69. The maximum absolute atomic E-state index is 6.48. The van der Waals surface area contributed by atoms with Crippen LogP contribution in [0.15, 0.2) is 193 Å². The van der Waals surface area contributed by atoms with Crippen molar-refractivity contribution in [2.45, 2.75) is 19.3 Å². The first-order chi connectivity index (χ1) is 28.4. The summed E-state index contributed by atoms with van der Waals surface area (Å²) >= 11 is 0. The molecule has 0 N–H and O–H groups in total. The van der Waals surface area contributed by atoms with Gasteiger partial charge in [-0.15, -0.1) is 0 Å². The molecule has 0 amide bonds. The normalized spacial score (nSPS) is 13.5. The third-order valence-electron chi connectivity index (χ3n) is 12.4. The Morgan fingerprint density at radius 3 is 2.00 bits per heavy atom. The fourth-order valence-corrected chi connectivity index (χ4v) is 14.4. The van der Waals surface area contributed by atoms with Crippen molar-refractivity contribution in [3.63, 3.8) is 0 Å². The van der Waals surface area contributed by atoms with Crippen LogP contribution in [-0.4, -0.2) is 22.6 Å². The molecule has 0 radical (unpaired) electrons. The molecule has 0 saturated heterocycles. The van der Waals surface area contributed by atoms with Crippen LogP contribution in [-0.2, 0) is 12.5 Å². The molecule has 7 aromatic carbocycles. The van der Waals surface area contributed by atoms with E-state index in [2.05, 4.69) is 206 Å². The van der Waals surface area contributed by atoms with Crippen LogP contribution in [0.25, 0.3) is 44.4 Å². The number of hydrogen-bond donors (Lipinski definition) is 0. The van der Waals surface area contributed by atoms with E-state index in [1.807, 2.05) is 12.3 Å². The molecule has 0 aliphatic carbocycles. The lowest BCUT2D eigenvalue weighted by atomic mass is 9.74. The highest BCUT2D eigenvalue weighted by Gasteiger charge is 2.43. The van der Waals surface area contributed by atoms with E-state index in [1.165, 1.54) is 31.9 Å². The smallest absolute Gasteiger partial charge is 0.179 e. The van der Waals surface area contributed by atoms with E-state index >= 15 is 0 Å². The number of imidazole rings is 1. The zero-order valence-electron chi connectivity index (χ0n) is 32.6. The van der Waals surface area contributed by atoms with Gasteiger partial charge in [0.15, 0.2) is 8.07 Å². The van der Waals surface area contributed by atoms with Gasteiger partial charge in [0.2, 0.25) is 0 Å². The third-order valence-corrected chi connectivity index (χ3v) is 17.1. The highest BCUT2D eigenvalue weighted by molar-refractivity contribution is 7.20. The predicted octanol–water partition coefficient (Wildman–Crippen LogP) is 10.0. The lowest BCUT2D eigenvalue weighted by Crippen LogP contribution is -2.74. The topological polar surface area (TPSA) is 47.1 Å². The molecule has 0 spiro atoms. The summed E-state index contributed by atoms with van der Waals surface area (Å²) in [5.41, 5.74) is 9.24. The summed E-state index contributed by atoms with van der Waals surface area (Å²) in [6, 6.07) is 66.2. The fraction of sp³-hybridized carbons (Fsp3) is 0.0769. The van der Waals surface area contributed by atoms with E-state index in [9.17, 15) is 0 Å². The second-order valence-electron chi connectivity index (χ2n) is 15.9. The summed E-state index contributed by atoms with van der Waals surface area (Å²) in [7, 11) is -0.881. The zero-order chi connectivity index (χ0) is 39.0. The van der Waals surface area contributed by atoms with Crippen LogP contribution in [0.1, 0.15) is 25.0 Å². The number of hydrogen-bond acceptors (Lipinski definition) is 4. The summed E-state index contributed by atoms with van der Waals surface area (Å²) in [5.74, 6) is 1.90. The Morgan fingerprint density at radius 1 is 0.552 bits per heavy atom. The molecule has 0 fully saturated rings. The van der Waals surface area contributed by atoms with Crippen molar-refractivity contribution in [2.24, 2.45) is 7.05 Å². The zero-order valence-corrected chi connectivity index (χ0v) is 33.6. The van der Waals surface area contributed by atoms with Crippen molar-refractivity contribution in [3.8, 4) is 11.4 Å². The Hall–Kier alpha value is -7.02. The summed E-state index contributed by atoms with van der Waals surface area (Å²) in [6.07, 6.45) is 1.92. The molecule has 11 rings (SSSR count). The van der Waals surface area contributed by atoms with E-state index < -0.39 is 8.07 Å². The van der Waals surface area contributed by atoms with Crippen LogP contribution in [0.4, 0.5) is 17.2 Å². The lowest BCUT2D eigenvalue weighted by Gasteiger charge is -2.41. The number of fused-ring (bicyclic) bond motifs is 6. The number of rotatable bonds is 6. The van der Waals surface area contributed by atoms with Gasteiger partial charge < -0.3 is 8.98 Å². The average molecular weight is 765 g/mol. The van der Waals surface area contributed by atoms with Crippen LogP contribution < -0.4 is 25.6 Å². The van der Waals surface area contributed by atoms with Crippen LogP contribution in [0, 0.1) is 0 Å². The highest BCUT2D eigenvalue weighted by atomic mass is 28.3. The molecule has 58 heavy (non-hydrogen) atoms. The molecule has 0 unspecified atom stereocenters. The molecule has 6 heteroatoms. The van der Waals surface area contributed by atoms with Crippen molar-refractivity contribution in [1.82, 2.24) is 14.5 Å². The van der Waals surface area contributed by atoms with E-state index in [4.69, 9.17) is 14.4 Å². The van der Waals surface area contributed by atoms with Crippen LogP contribution in [0.2, 0.25) is 0 Å². The SMILES string of the molecule is Cn1c(-c2cccc([Si](c3ccccc3)(c3ccccc3)c3cccc(N4c5cc6c(cc5C(C)(C)c5cccnc54)oc4ccccc46)c3)c2)nc2ccccc21. The minimum Gasteiger partial charge on any atom is -0.456 e. The van der Waals surface area contributed by atoms with E-state index in [0.29, 0.717) is 0 Å². The number of pyridine rings is 1. The molecule has 10 aromatic rings. The molecule has 4 heterocycles. The number of anilines is 3. The Labute approximate surface area is 338 Å². The number of aryl methyl sites for hydroxylation is 1. The average Bonchev–Trinajstić information content (AvgIpc) is 3.81. The maximum Gasteiger partial charge on any atom is 0.179 e.